The van der Waals surface area contributed by atoms with Gasteiger partial charge in [0.15, 0.2) is 0 Å². The molecule has 0 aliphatic heterocycles. The predicted octanol–water partition coefficient (Wildman–Crippen LogP) is 0.588. The third-order valence-corrected chi connectivity index (χ3v) is 3.29. The van der Waals surface area contributed by atoms with Crippen molar-refractivity contribution < 1.29 is 9.32 Å². The summed E-state index contributed by atoms with van der Waals surface area (Å²) in [6.07, 6.45) is 2.85. The molecule has 17 heavy (non-hydrogen) atoms. The molecular weight excluding hydrogens is 220 g/mol. The van der Waals surface area contributed by atoms with Crippen molar-refractivity contribution >= 4 is 5.91 Å². The minimum Gasteiger partial charge on any atom is -0.346 e. The Morgan fingerprint density at radius 2 is 2.35 bits per heavy atom. The van der Waals surface area contributed by atoms with E-state index < -0.39 is 0 Å². The Hall–Kier alpha value is -1.43. The molecule has 2 rings (SSSR count). The number of nitrogens with one attached hydrogen (secondary N) is 1. The fourth-order valence-corrected chi connectivity index (χ4v) is 1.42. The fourth-order valence-electron chi connectivity index (χ4n) is 1.42. The van der Waals surface area contributed by atoms with Crippen LogP contribution in [0.25, 0.3) is 0 Å². The van der Waals surface area contributed by atoms with Crippen LogP contribution in [0.2, 0.25) is 0 Å². The molecule has 0 radical (unpaired) electrons. The van der Waals surface area contributed by atoms with E-state index in [2.05, 4.69) is 15.5 Å². The van der Waals surface area contributed by atoms with Gasteiger partial charge in [0.25, 0.3) is 11.7 Å². The smallest absolute Gasteiger partial charge is 0.292 e. The molecule has 1 aliphatic carbocycles. The SMILES string of the molecule is CCC(C)(CN)c1nc(C(=O)NC2CC2)no1. The van der Waals surface area contributed by atoms with Crippen LogP contribution in [0.15, 0.2) is 4.52 Å². The van der Waals surface area contributed by atoms with Gasteiger partial charge in [0.1, 0.15) is 0 Å². The van der Waals surface area contributed by atoms with E-state index in [1.54, 1.807) is 0 Å². The van der Waals surface area contributed by atoms with Gasteiger partial charge < -0.3 is 15.6 Å². The summed E-state index contributed by atoms with van der Waals surface area (Å²) in [4.78, 5) is 15.8. The molecule has 1 heterocycles. The summed E-state index contributed by atoms with van der Waals surface area (Å²) in [7, 11) is 0. The summed E-state index contributed by atoms with van der Waals surface area (Å²) in [6.45, 7) is 4.36. The molecule has 1 atom stereocenters. The highest BCUT2D eigenvalue weighted by Crippen LogP contribution is 2.24. The molecule has 1 aromatic rings. The Bertz CT molecular complexity index is 407. The van der Waals surface area contributed by atoms with E-state index >= 15 is 0 Å². The zero-order valence-electron chi connectivity index (χ0n) is 10.2. The molecule has 1 aliphatic rings. The molecule has 94 valence electrons. The molecule has 1 amide bonds. The topological polar surface area (TPSA) is 94.0 Å². The summed E-state index contributed by atoms with van der Waals surface area (Å²) < 4.78 is 5.13. The first-order valence-electron chi connectivity index (χ1n) is 5.94. The molecule has 3 N–H and O–H groups in total. The van der Waals surface area contributed by atoms with Crippen LogP contribution >= 0.6 is 0 Å². The minimum atomic E-state index is -0.356. The second-order valence-electron chi connectivity index (χ2n) is 4.79. The largest absolute Gasteiger partial charge is 0.346 e. The molecule has 1 saturated carbocycles. The van der Waals surface area contributed by atoms with E-state index in [4.69, 9.17) is 10.3 Å². The third-order valence-electron chi connectivity index (χ3n) is 3.29. The molecule has 6 nitrogen and oxygen atoms in total. The van der Waals surface area contributed by atoms with Crippen LogP contribution in [0.3, 0.4) is 0 Å². The van der Waals surface area contributed by atoms with E-state index in [0.717, 1.165) is 19.3 Å². The van der Waals surface area contributed by atoms with Crippen molar-refractivity contribution in [1.29, 1.82) is 0 Å². The van der Waals surface area contributed by atoms with Gasteiger partial charge in [0.2, 0.25) is 5.89 Å². The number of rotatable bonds is 5. The molecule has 1 unspecified atom stereocenters. The normalized spacial score (nSPS) is 18.8. The molecule has 1 aromatic heterocycles. The van der Waals surface area contributed by atoms with Crippen LogP contribution in [-0.4, -0.2) is 28.6 Å². The monoisotopic (exact) mass is 238 g/mol. The maximum absolute atomic E-state index is 11.7. The summed E-state index contributed by atoms with van der Waals surface area (Å²) in [6, 6.07) is 0.288. The molecule has 6 heteroatoms. The first-order valence-corrected chi connectivity index (χ1v) is 5.94. The van der Waals surface area contributed by atoms with E-state index in [1.165, 1.54) is 0 Å². The van der Waals surface area contributed by atoms with Gasteiger partial charge in [0, 0.05) is 12.6 Å². The quantitative estimate of drug-likeness (QED) is 0.782. The second-order valence-corrected chi connectivity index (χ2v) is 4.79. The summed E-state index contributed by atoms with van der Waals surface area (Å²) in [5.41, 5.74) is 5.34. The van der Waals surface area contributed by atoms with E-state index in [0.29, 0.717) is 12.4 Å². The van der Waals surface area contributed by atoms with Crippen LogP contribution in [-0.2, 0) is 5.41 Å². The number of carbonyl (C=O) groups excluding carboxylic acids is 1. The molecule has 0 saturated heterocycles. The molecule has 0 aromatic carbocycles. The van der Waals surface area contributed by atoms with E-state index in [1.807, 2.05) is 13.8 Å². The Labute approximate surface area is 99.9 Å². The number of amides is 1. The highest BCUT2D eigenvalue weighted by molar-refractivity contribution is 5.90. The van der Waals surface area contributed by atoms with Crippen molar-refractivity contribution in [2.75, 3.05) is 6.54 Å². The Morgan fingerprint density at radius 1 is 1.65 bits per heavy atom. The number of nitrogens with zero attached hydrogens (tertiary/aromatic N) is 2. The summed E-state index contributed by atoms with van der Waals surface area (Å²) in [5.74, 6) is 0.265. The van der Waals surface area contributed by atoms with E-state index in [-0.39, 0.29) is 23.2 Å². The van der Waals surface area contributed by atoms with Crippen LogP contribution in [0.5, 0.6) is 0 Å². The highest BCUT2D eigenvalue weighted by atomic mass is 16.5. The average molecular weight is 238 g/mol. The summed E-state index contributed by atoms with van der Waals surface area (Å²) >= 11 is 0. The molecule has 0 bridgehead atoms. The predicted molar refractivity (Wildman–Crippen MR) is 61.5 cm³/mol. The first kappa shape index (κ1) is 12.0. The maximum atomic E-state index is 11.7. The van der Waals surface area contributed by atoms with Gasteiger partial charge in [-0.15, -0.1) is 0 Å². The molecular formula is C11H18N4O2. The average Bonchev–Trinajstić information content (AvgIpc) is 3.00. The van der Waals surface area contributed by atoms with Gasteiger partial charge in [-0.3, -0.25) is 4.79 Å². The summed E-state index contributed by atoms with van der Waals surface area (Å²) in [5, 5.41) is 6.52. The zero-order chi connectivity index (χ0) is 12.5. The zero-order valence-corrected chi connectivity index (χ0v) is 10.2. The lowest BCUT2D eigenvalue weighted by molar-refractivity contribution is 0.0937. The van der Waals surface area contributed by atoms with E-state index in [9.17, 15) is 4.79 Å². The first-order chi connectivity index (χ1) is 8.09. The minimum absolute atomic E-state index is 0.0972. The van der Waals surface area contributed by atoms with Crippen molar-refractivity contribution in [2.24, 2.45) is 5.73 Å². The number of aromatic nitrogens is 2. The second kappa shape index (κ2) is 4.44. The number of hydrogen-bond acceptors (Lipinski definition) is 5. The van der Waals surface area contributed by atoms with Gasteiger partial charge in [-0.2, -0.15) is 4.98 Å². The van der Waals surface area contributed by atoms with Crippen molar-refractivity contribution in [3.8, 4) is 0 Å². The molecule has 1 fully saturated rings. The lowest BCUT2D eigenvalue weighted by Gasteiger charge is -2.20. The van der Waals surface area contributed by atoms with Gasteiger partial charge in [-0.05, 0) is 26.2 Å². The van der Waals surface area contributed by atoms with Crippen LogP contribution in [0, 0.1) is 0 Å². The lowest BCUT2D eigenvalue weighted by atomic mass is 9.88. The Kier molecular flexibility index (Phi) is 3.15. The van der Waals surface area contributed by atoms with Crippen molar-refractivity contribution in [3.63, 3.8) is 0 Å². The van der Waals surface area contributed by atoms with Crippen LogP contribution < -0.4 is 11.1 Å². The standard InChI is InChI=1S/C11H18N4O2/c1-3-11(2,6-12)10-14-8(15-17-10)9(16)13-7-4-5-7/h7H,3-6,12H2,1-2H3,(H,13,16). The number of nitrogens with two attached hydrogens (primary N) is 1. The van der Waals surface area contributed by atoms with Crippen molar-refractivity contribution in [3.05, 3.63) is 11.7 Å². The van der Waals surface area contributed by atoms with Crippen molar-refractivity contribution in [1.82, 2.24) is 15.5 Å². The van der Waals surface area contributed by atoms with Gasteiger partial charge >= 0.3 is 0 Å². The Morgan fingerprint density at radius 3 is 2.88 bits per heavy atom. The molecule has 0 spiro atoms. The van der Waals surface area contributed by atoms with Crippen LogP contribution in [0.1, 0.15) is 49.6 Å². The Balaban J connectivity index is 2.11. The highest BCUT2D eigenvalue weighted by Gasteiger charge is 2.32. The van der Waals surface area contributed by atoms with Crippen molar-refractivity contribution in [2.45, 2.75) is 44.6 Å². The lowest BCUT2D eigenvalue weighted by Crippen LogP contribution is -2.32. The van der Waals surface area contributed by atoms with Gasteiger partial charge in [-0.25, -0.2) is 0 Å². The van der Waals surface area contributed by atoms with Gasteiger partial charge in [-0.1, -0.05) is 12.1 Å². The third kappa shape index (κ3) is 2.46. The van der Waals surface area contributed by atoms with Gasteiger partial charge in [0.05, 0.1) is 5.41 Å². The number of hydrogen-bond donors (Lipinski definition) is 2. The maximum Gasteiger partial charge on any atom is 0.292 e. The number of carbonyl (C=O) groups is 1. The fraction of sp³-hybridized carbons (Fsp3) is 0.727. The van der Waals surface area contributed by atoms with Crippen LogP contribution in [0.4, 0.5) is 0 Å².